The Hall–Kier alpha value is -1.86. The van der Waals surface area contributed by atoms with Crippen molar-refractivity contribution in [3.8, 4) is 6.07 Å². The minimum atomic E-state index is -0.724. The first-order chi connectivity index (χ1) is 8.27. The fourth-order valence-electron chi connectivity index (χ4n) is 1.70. The standard InChI is InChI=1S/C13H11NO2S/c1-2-11-9(5-6-16-11)13(15)10(8-14)12-4-3-7-17-12/h3-7,10H,2H2,1H3. The Labute approximate surface area is 103 Å². The summed E-state index contributed by atoms with van der Waals surface area (Å²) in [5, 5.41) is 11.0. The van der Waals surface area contributed by atoms with Gasteiger partial charge in [0, 0.05) is 11.3 Å². The Bertz CT molecular complexity index is 548. The largest absolute Gasteiger partial charge is 0.469 e. The number of Topliss-reactive ketones (excluding diaryl/α,β-unsaturated/α-hetero) is 1. The van der Waals surface area contributed by atoms with Crippen LogP contribution in [0.1, 0.15) is 33.8 Å². The number of nitrogens with zero attached hydrogens (tertiary/aromatic N) is 1. The Morgan fingerprint density at radius 1 is 1.59 bits per heavy atom. The second kappa shape index (κ2) is 4.98. The highest BCUT2D eigenvalue weighted by atomic mass is 32.1. The van der Waals surface area contributed by atoms with E-state index in [1.807, 2.05) is 24.4 Å². The molecule has 2 rings (SSSR count). The molecular weight excluding hydrogens is 234 g/mol. The average Bonchev–Trinajstić information content (AvgIpc) is 3.00. The molecule has 0 radical (unpaired) electrons. The van der Waals surface area contributed by atoms with E-state index in [-0.39, 0.29) is 5.78 Å². The molecule has 0 saturated heterocycles. The molecule has 1 unspecified atom stereocenters. The van der Waals surface area contributed by atoms with Crippen LogP contribution in [0.25, 0.3) is 0 Å². The van der Waals surface area contributed by atoms with E-state index in [9.17, 15) is 4.79 Å². The Kier molecular flexibility index (Phi) is 3.40. The Morgan fingerprint density at radius 3 is 3.00 bits per heavy atom. The highest BCUT2D eigenvalue weighted by molar-refractivity contribution is 7.10. The first-order valence-corrected chi connectivity index (χ1v) is 6.19. The summed E-state index contributed by atoms with van der Waals surface area (Å²) in [6.45, 7) is 1.92. The van der Waals surface area contributed by atoms with Gasteiger partial charge in [-0.3, -0.25) is 4.79 Å². The molecule has 1 atom stereocenters. The monoisotopic (exact) mass is 245 g/mol. The van der Waals surface area contributed by atoms with Crippen LogP contribution in [0.5, 0.6) is 0 Å². The molecule has 3 nitrogen and oxygen atoms in total. The second-order valence-corrected chi connectivity index (χ2v) is 4.53. The fraction of sp³-hybridized carbons (Fsp3) is 0.231. The van der Waals surface area contributed by atoms with E-state index in [0.717, 1.165) is 4.88 Å². The molecular formula is C13H11NO2S. The summed E-state index contributed by atoms with van der Waals surface area (Å²) in [5.41, 5.74) is 0.521. The summed E-state index contributed by atoms with van der Waals surface area (Å²) < 4.78 is 5.22. The van der Waals surface area contributed by atoms with E-state index in [1.54, 1.807) is 6.07 Å². The Balaban J connectivity index is 2.34. The van der Waals surface area contributed by atoms with Gasteiger partial charge in [0.1, 0.15) is 11.7 Å². The third kappa shape index (κ3) is 2.15. The van der Waals surface area contributed by atoms with Crippen molar-refractivity contribution in [2.75, 3.05) is 0 Å². The van der Waals surface area contributed by atoms with Crippen molar-refractivity contribution in [3.05, 3.63) is 46.0 Å². The molecule has 86 valence electrons. The summed E-state index contributed by atoms with van der Waals surface area (Å²) >= 11 is 1.42. The zero-order valence-electron chi connectivity index (χ0n) is 9.34. The highest BCUT2D eigenvalue weighted by Gasteiger charge is 2.25. The van der Waals surface area contributed by atoms with Crippen LogP contribution in [0, 0.1) is 11.3 Å². The van der Waals surface area contributed by atoms with Crippen molar-refractivity contribution in [1.29, 1.82) is 5.26 Å². The van der Waals surface area contributed by atoms with Gasteiger partial charge in [0.25, 0.3) is 0 Å². The van der Waals surface area contributed by atoms with Crippen LogP contribution >= 0.6 is 11.3 Å². The number of rotatable bonds is 4. The van der Waals surface area contributed by atoms with Crippen LogP contribution in [-0.4, -0.2) is 5.78 Å². The number of hydrogen-bond acceptors (Lipinski definition) is 4. The van der Waals surface area contributed by atoms with Gasteiger partial charge in [-0.25, -0.2) is 0 Å². The maximum atomic E-state index is 12.2. The molecule has 0 aliphatic rings. The summed E-state index contributed by atoms with van der Waals surface area (Å²) in [6, 6.07) is 7.35. The van der Waals surface area contributed by atoms with E-state index in [4.69, 9.17) is 9.68 Å². The number of carbonyl (C=O) groups is 1. The van der Waals surface area contributed by atoms with E-state index in [2.05, 4.69) is 6.07 Å². The molecule has 2 heterocycles. The predicted octanol–water partition coefficient (Wildman–Crippen LogP) is 3.39. The zero-order valence-corrected chi connectivity index (χ0v) is 10.2. The third-order valence-corrected chi connectivity index (χ3v) is 3.49. The third-order valence-electron chi connectivity index (χ3n) is 2.55. The summed E-state index contributed by atoms with van der Waals surface area (Å²) in [7, 11) is 0. The lowest BCUT2D eigenvalue weighted by Crippen LogP contribution is -2.10. The van der Waals surface area contributed by atoms with Crippen LogP contribution in [0.3, 0.4) is 0 Å². The van der Waals surface area contributed by atoms with Crippen molar-refractivity contribution in [2.45, 2.75) is 19.3 Å². The van der Waals surface area contributed by atoms with E-state index in [1.165, 1.54) is 17.6 Å². The molecule has 0 aliphatic carbocycles. The number of aryl methyl sites for hydroxylation is 1. The van der Waals surface area contributed by atoms with Crippen molar-refractivity contribution < 1.29 is 9.21 Å². The fourth-order valence-corrected chi connectivity index (χ4v) is 2.46. The van der Waals surface area contributed by atoms with E-state index >= 15 is 0 Å². The van der Waals surface area contributed by atoms with E-state index < -0.39 is 5.92 Å². The van der Waals surface area contributed by atoms with Gasteiger partial charge < -0.3 is 4.42 Å². The van der Waals surface area contributed by atoms with Crippen LogP contribution in [0.4, 0.5) is 0 Å². The number of ketones is 1. The summed E-state index contributed by atoms with van der Waals surface area (Å²) in [5.74, 6) is -0.259. The van der Waals surface area contributed by atoms with Crippen LogP contribution in [0.15, 0.2) is 34.3 Å². The maximum Gasteiger partial charge on any atom is 0.188 e. The Morgan fingerprint density at radius 2 is 2.41 bits per heavy atom. The molecule has 2 aromatic heterocycles. The van der Waals surface area contributed by atoms with Gasteiger partial charge in [-0.05, 0) is 17.5 Å². The average molecular weight is 245 g/mol. The molecule has 0 fully saturated rings. The van der Waals surface area contributed by atoms with Gasteiger partial charge >= 0.3 is 0 Å². The lowest BCUT2D eigenvalue weighted by atomic mass is 9.97. The van der Waals surface area contributed by atoms with Crippen molar-refractivity contribution in [3.63, 3.8) is 0 Å². The number of carbonyl (C=O) groups excluding carboxylic acids is 1. The molecule has 0 spiro atoms. The molecule has 0 aromatic carbocycles. The van der Waals surface area contributed by atoms with Gasteiger partial charge in [-0.15, -0.1) is 11.3 Å². The number of hydrogen-bond donors (Lipinski definition) is 0. The molecule has 4 heteroatoms. The van der Waals surface area contributed by atoms with Crippen LogP contribution in [0.2, 0.25) is 0 Å². The van der Waals surface area contributed by atoms with Crippen molar-refractivity contribution in [1.82, 2.24) is 0 Å². The van der Waals surface area contributed by atoms with Gasteiger partial charge in [0.05, 0.1) is 17.9 Å². The summed E-state index contributed by atoms with van der Waals surface area (Å²) in [6.07, 6.45) is 2.14. The van der Waals surface area contributed by atoms with Gasteiger partial charge in [-0.1, -0.05) is 13.0 Å². The van der Waals surface area contributed by atoms with Crippen molar-refractivity contribution in [2.24, 2.45) is 0 Å². The molecule has 0 bridgehead atoms. The predicted molar refractivity (Wildman–Crippen MR) is 65.1 cm³/mol. The molecule has 2 aromatic rings. The first kappa shape index (κ1) is 11.6. The zero-order chi connectivity index (χ0) is 12.3. The number of furan rings is 1. The SMILES string of the molecule is CCc1occc1C(=O)C(C#N)c1cccs1. The minimum absolute atomic E-state index is 0.180. The van der Waals surface area contributed by atoms with Gasteiger partial charge in [0.2, 0.25) is 0 Å². The van der Waals surface area contributed by atoms with Crippen LogP contribution < -0.4 is 0 Å². The topological polar surface area (TPSA) is 54.0 Å². The van der Waals surface area contributed by atoms with Crippen LogP contribution in [-0.2, 0) is 6.42 Å². The second-order valence-electron chi connectivity index (χ2n) is 3.55. The number of nitriles is 1. The first-order valence-electron chi connectivity index (χ1n) is 5.31. The molecule has 0 N–H and O–H groups in total. The smallest absolute Gasteiger partial charge is 0.188 e. The van der Waals surface area contributed by atoms with Crippen molar-refractivity contribution >= 4 is 17.1 Å². The molecule has 0 aliphatic heterocycles. The van der Waals surface area contributed by atoms with Gasteiger partial charge in [-0.2, -0.15) is 5.26 Å². The lowest BCUT2D eigenvalue weighted by Gasteiger charge is -2.05. The van der Waals surface area contributed by atoms with Gasteiger partial charge in [0.15, 0.2) is 5.78 Å². The molecule has 0 saturated carbocycles. The summed E-state index contributed by atoms with van der Waals surface area (Å²) in [4.78, 5) is 13.0. The van der Waals surface area contributed by atoms with E-state index in [0.29, 0.717) is 17.7 Å². The normalized spacial score (nSPS) is 12.0. The number of thiophene rings is 1. The highest BCUT2D eigenvalue weighted by Crippen LogP contribution is 2.26. The lowest BCUT2D eigenvalue weighted by molar-refractivity contribution is 0.0978. The molecule has 0 amide bonds. The quantitative estimate of drug-likeness (QED) is 0.776. The molecule has 17 heavy (non-hydrogen) atoms. The minimum Gasteiger partial charge on any atom is -0.469 e. The maximum absolute atomic E-state index is 12.2.